The van der Waals surface area contributed by atoms with Crippen LogP contribution >= 0.6 is 11.6 Å². The number of nitrogens with one attached hydrogen (secondary N) is 1. The molecular formula is C23H21ClF6N4O4. The SMILES string of the molecule is O=C(Cn1nc(-c2ccc(Cl)cc2)n(C[C@H](O)C(F)(F)F)c1=O)N[C@@H](CCO)c1ccccc1C(F)(F)F. The zero-order valence-corrected chi connectivity index (χ0v) is 20.1. The fraction of sp³-hybridized carbons (Fsp3) is 0.348. The topological polar surface area (TPSA) is 109 Å². The summed E-state index contributed by atoms with van der Waals surface area (Å²) in [6.45, 7) is -2.68. The van der Waals surface area contributed by atoms with Gasteiger partial charge in [-0.3, -0.25) is 9.36 Å². The molecule has 0 aliphatic rings. The van der Waals surface area contributed by atoms with Gasteiger partial charge in [0.05, 0.1) is 18.2 Å². The lowest BCUT2D eigenvalue weighted by Gasteiger charge is -2.22. The molecule has 0 saturated heterocycles. The Labute approximate surface area is 216 Å². The number of carbonyl (C=O) groups excluding carboxylic acids is 1. The molecule has 0 saturated carbocycles. The maximum atomic E-state index is 13.5. The number of rotatable bonds is 9. The quantitative estimate of drug-likeness (QED) is 0.343. The van der Waals surface area contributed by atoms with Crippen molar-refractivity contribution in [3.8, 4) is 11.4 Å². The minimum absolute atomic E-state index is 0.150. The molecule has 0 radical (unpaired) electrons. The largest absolute Gasteiger partial charge is 0.416 e. The molecule has 0 aliphatic heterocycles. The van der Waals surface area contributed by atoms with Crippen LogP contribution in [0.15, 0.2) is 53.3 Å². The highest BCUT2D eigenvalue weighted by molar-refractivity contribution is 6.30. The van der Waals surface area contributed by atoms with Gasteiger partial charge in [0.25, 0.3) is 0 Å². The number of nitrogens with zero attached hydrogens (tertiary/aromatic N) is 3. The Morgan fingerprint density at radius 2 is 1.68 bits per heavy atom. The normalized spacial score (nSPS) is 13.8. The van der Waals surface area contributed by atoms with E-state index in [9.17, 15) is 46.1 Å². The number of hydrogen-bond acceptors (Lipinski definition) is 5. The number of hydrogen-bond donors (Lipinski definition) is 3. The number of aliphatic hydroxyl groups excluding tert-OH is 2. The summed E-state index contributed by atoms with van der Waals surface area (Å²) >= 11 is 5.83. The highest BCUT2D eigenvalue weighted by atomic mass is 35.5. The Kier molecular flexibility index (Phi) is 8.90. The van der Waals surface area contributed by atoms with E-state index in [4.69, 9.17) is 11.6 Å². The van der Waals surface area contributed by atoms with Crippen molar-refractivity contribution >= 4 is 17.5 Å². The molecule has 0 bridgehead atoms. The zero-order valence-electron chi connectivity index (χ0n) is 19.3. The molecule has 8 nitrogen and oxygen atoms in total. The minimum Gasteiger partial charge on any atom is -0.396 e. The smallest absolute Gasteiger partial charge is 0.396 e. The van der Waals surface area contributed by atoms with E-state index >= 15 is 0 Å². The number of benzene rings is 2. The van der Waals surface area contributed by atoms with E-state index in [-0.39, 0.29) is 28.4 Å². The molecule has 15 heteroatoms. The molecular weight excluding hydrogens is 546 g/mol. The average Bonchev–Trinajstić information content (AvgIpc) is 3.13. The van der Waals surface area contributed by atoms with Crippen LogP contribution in [-0.2, 0) is 24.1 Å². The second-order valence-corrected chi connectivity index (χ2v) is 8.59. The van der Waals surface area contributed by atoms with Gasteiger partial charge in [-0.25, -0.2) is 9.48 Å². The van der Waals surface area contributed by atoms with Gasteiger partial charge in [-0.05, 0) is 42.3 Å². The first-order chi connectivity index (χ1) is 17.7. The third kappa shape index (κ3) is 6.94. The Bertz CT molecular complexity index is 1320. The Balaban J connectivity index is 1.94. The van der Waals surface area contributed by atoms with Crippen molar-refractivity contribution in [2.45, 2.75) is 44.0 Å². The summed E-state index contributed by atoms with van der Waals surface area (Å²) in [6.07, 6.45) is -13.0. The first-order valence-corrected chi connectivity index (χ1v) is 11.3. The van der Waals surface area contributed by atoms with Crippen molar-refractivity contribution < 1.29 is 41.4 Å². The van der Waals surface area contributed by atoms with Crippen molar-refractivity contribution in [3.63, 3.8) is 0 Å². The molecule has 0 aliphatic carbocycles. The molecule has 1 amide bonds. The van der Waals surface area contributed by atoms with Gasteiger partial charge in [-0.1, -0.05) is 29.8 Å². The number of alkyl halides is 6. The van der Waals surface area contributed by atoms with Gasteiger partial charge in [-0.2, -0.15) is 26.3 Å². The lowest BCUT2D eigenvalue weighted by atomic mass is 9.97. The summed E-state index contributed by atoms with van der Waals surface area (Å²) in [6, 6.07) is 8.59. The minimum atomic E-state index is -5.06. The van der Waals surface area contributed by atoms with Crippen LogP contribution in [0, 0.1) is 0 Å². The monoisotopic (exact) mass is 566 g/mol. The first-order valence-electron chi connectivity index (χ1n) is 11.0. The van der Waals surface area contributed by atoms with Crippen LogP contribution in [0.1, 0.15) is 23.6 Å². The van der Waals surface area contributed by atoms with Gasteiger partial charge in [0.15, 0.2) is 11.9 Å². The van der Waals surface area contributed by atoms with Crippen LogP contribution in [0.2, 0.25) is 5.02 Å². The maximum absolute atomic E-state index is 13.5. The van der Waals surface area contributed by atoms with E-state index in [0.29, 0.717) is 9.25 Å². The molecule has 38 heavy (non-hydrogen) atoms. The second-order valence-electron chi connectivity index (χ2n) is 8.16. The van der Waals surface area contributed by atoms with Gasteiger partial charge in [0.1, 0.15) is 6.54 Å². The molecule has 3 aromatic rings. The lowest BCUT2D eigenvalue weighted by molar-refractivity contribution is -0.207. The molecule has 1 heterocycles. The summed E-state index contributed by atoms with van der Waals surface area (Å²) in [5, 5.41) is 25.4. The van der Waals surface area contributed by atoms with Crippen molar-refractivity contribution in [1.82, 2.24) is 19.7 Å². The Morgan fingerprint density at radius 1 is 1.05 bits per heavy atom. The fourth-order valence-electron chi connectivity index (χ4n) is 3.67. The molecule has 2 aromatic carbocycles. The molecule has 2 atom stereocenters. The maximum Gasteiger partial charge on any atom is 0.416 e. The molecule has 3 rings (SSSR count). The summed E-state index contributed by atoms with van der Waals surface area (Å²) < 4.78 is 80.4. The fourth-order valence-corrected chi connectivity index (χ4v) is 3.79. The Hall–Kier alpha value is -3.36. The number of halogens is 7. The summed E-state index contributed by atoms with van der Waals surface area (Å²) in [5.41, 5.74) is -2.39. The number of amides is 1. The number of aromatic nitrogens is 3. The third-order valence-electron chi connectivity index (χ3n) is 5.45. The van der Waals surface area contributed by atoms with Crippen LogP contribution < -0.4 is 11.0 Å². The van der Waals surface area contributed by atoms with Gasteiger partial charge >= 0.3 is 18.0 Å². The Morgan fingerprint density at radius 3 is 2.26 bits per heavy atom. The molecule has 0 fully saturated rings. The highest BCUT2D eigenvalue weighted by Crippen LogP contribution is 2.35. The van der Waals surface area contributed by atoms with Gasteiger partial charge in [0.2, 0.25) is 5.91 Å². The van der Waals surface area contributed by atoms with Crippen molar-refractivity contribution in [3.05, 3.63) is 75.2 Å². The van der Waals surface area contributed by atoms with Crippen molar-refractivity contribution in [1.29, 1.82) is 0 Å². The van der Waals surface area contributed by atoms with Crippen LogP contribution in [0.25, 0.3) is 11.4 Å². The first kappa shape index (κ1) is 29.2. The predicted octanol–water partition coefficient (Wildman–Crippen LogP) is 3.55. The van der Waals surface area contributed by atoms with Crippen molar-refractivity contribution in [2.24, 2.45) is 0 Å². The van der Waals surface area contributed by atoms with Crippen LogP contribution in [-0.4, -0.2) is 49.4 Å². The molecule has 0 spiro atoms. The lowest BCUT2D eigenvalue weighted by Crippen LogP contribution is -2.39. The van der Waals surface area contributed by atoms with E-state index in [1.54, 1.807) is 0 Å². The van der Waals surface area contributed by atoms with Crippen LogP contribution in [0.4, 0.5) is 26.3 Å². The predicted molar refractivity (Wildman–Crippen MR) is 123 cm³/mol. The van der Waals surface area contributed by atoms with Gasteiger partial charge in [-0.15, -0.1) is 5.10 Å². The van der Waals surface area contributed by atoms with Crippen LogP contribution in [0.3, 0.4) is 0 Å². The van der Waals surface area contributed by atoms with E-state index in [1.807, 2.05) is 0 Å². The highest BCUT2D eigenvalue weighted by Gasteiger charge is 2.39. The molecule has 0 unspecified atom stereocenters. The zero-order chi connectivity index (χ0) is 28.3. The summed E-state index contributed by atoms with van der Waals surface area (Å²) in [4.78, 5) is 25.6. The van der Waals surface area contributed by atoms with E-state index in [2.05, 4.69) is 10.4 Å². The third-order valence-corrected chi connectivity index (χ3v) is 5.70. The van der Waals surface area contributed by atoms with Gasteiger partial charge < -0.3 is 15.5 Å². The van der Waals surface area contributed by atoms with Crippen LogP contribution in [0.5, 0.6) is 0 Å². The average molecular weight is 567 g/mol. The summed E-state index contributed by atoms with van der Waals surface area (Å²) in [7, 11) is 0. The summed E-state index contributed by atoms with van der Waals surface area (Å²) in [5.74, 6) is -1.30. The van der Waals surface area contributed by atoms with E-state index < -0.39 is 61.4 Å². The second kappa shape index (κ2) is 11.6. The van der Waals surface area contributed by atoms with E-state index in [1.165, 1.54) is 30.3 Å². The molecule has 206 valence electrons. The van der Waals surface area contributed by atoms with E-state index in [0.717, 1.165) is 18.2 Å². The number of carbonyl (C=O) groups is 1. The standard InChI is InChI=1S/C23H21ClF6N4O4/c24-14-7-5-13(6-8-14)20-32-34(21(38)33(20)11-18(36)23(28,29)30)12-19(37)31-17(9-10-35)15-3-1-2-4-16(15)22(25,26)27/h1-8,17-18,35-36H,9-12H2,(H,31,37)/t17-,18-/m0/s1. The van der Waals surface area contributed by atoms with Gasteiger partial charge in [0, 0.05) is 17.2 Å². The molecule has 1 aromatic heterocycles. The number of aliphatic hydroxyl groups is 2. The molecule has 3 N–H and O–H groups in total. The van der Waals surface area contributed by atoms with Crippen molar-refractivity contribution in [2.75, 3.05) is 6.61 Å².